The summed E-state index contributed by atoms with van der Waals surface area (Å²) < 4.78 is 33.3. The van der Waals surface area contributed by atoms with E-state index in [9.17, 15) is 9.18 Å². The molecule has 0 radical (unpaired) electrons. The van der Waals surface area contributed by atoms with Crippen molar-refractivity contribution in [2.45, 2.75) is 24.7 Å². The van der Waals surface area contributed by atoms with Gasteiger partial charge < -0.3 is 14.2 Å². The average molecular weight is 465 g/mol. The Morgan fingerprint density at radius 1 is 1.06 bits per heavy atom. The van der Waals surface area contributed by atoms with E-state index < -0.39 is 17.2 Å². The van der Waals surface area contributed by atoms with Crippen molar-refractivity contribution in [1.82, 2.24) is 0 Å². The number of carbonyl (C=O) groups excluding carboxylic acids is 1. The molecule has 1 spiro atoms. The molecule has 2 aliphatic rings. The number of halogens is 2. The van der Waals surface area contributed by atoms with Gasteiger partial charge in [-0.3, -0.25) is 4.79 Å². The maximum atomic E-state index is 14.2. The fourth-order valence-electron chi connectivity index (χ4n) is 4.59. The molecule has 4 nitrogen and oxygen atoms in total. The summed E-state index contributed by atoms with van der Waals surface area (Å²) in [7, 11) is 0. The molecule has 0 amide bonds. The molecule has 0 saturated carbocycles. The van der Waals surface area contributed by atoms with Crippen LogP contribution in [-0.4, -0.2) is 24.6 Å². The number of Topliss-reactive ketones (excluding diaryl/α,β-unsaturated/α-hetero) is 1. The molecule has 5 rings (SSSR count). The summed E-state index contributed by atoms with van der Waals surface area (Å²) >= 11 is 6.15. The Hall–Kier alpha value is -2.99. The van der Waals surface area contributed by atoms with Crippen LogP contribution in [0.25, 0.3) is 0 Å². The Kier molecular flexibility index (Phi) is 5.57. The van der Waals surface area contributed by atoms with E-state index in [0.29, 0.717) is 22.6 Å². The van der Waals surface area contributed by atoms with E-state index in [2.05, 4.69) is 0 Å². The zero-order chi connectivity index (χ0) is 23.1. The van der Waals surface area contributed by atoms with Crippen LogP contribution in [0.5, 0.6) is 5.75 Å². The number of hydrogen-bond acceptors (Lipinski definition) is 4. The lowest BCUT2D eigenvalue weighted by molar-refractivity contribution is -0.273. The third-order valence-corrected chi connectivity index (χ3v) is 6.49. The van der Waals surface area contributed by atoms with Gasteiger partial charge in [-0.05, 0) is 48.7 Å². The molecule has 3 aromatic carbocycles. The third-order valence-electron chi connectivity index (χ3n) is 6.23. The van der Waals surface area contributed by atoms with Crippen molar-refractivity contribution >= 4 is 17.4 Å². The van der Waals surface area contributed by atoms with Gasteiger partial charge in [0, 0.05) is 16.7 Å². The van der Waals surface area contributed by atoms with Crippen molar-refractivity contribution in [3.8, 4) is 5.75 Å². The summed E-state index contributed by atoms with van der Waals surface area (Å²) in [5.74, 6) is -2.39. The van der Waals surface area contributed by atoms with Crippen LogP contribution >= 0.6 is 11.6 Å². The van der Waals surface area contributed by atoms with Crippen molar-refractivity contribution in [3.05, 3.63) is 112 Å². The molecule has 0 N–H and O–H groups in total. The zero-order valence-electron chi connectivity index (χ0n) is 18.0. The normalized spacial score (nSPS) is 23.8. The van der Waals surface area contributed by atoms with Gasteiger partial charge in [0.1, 0.15) is 11.6 Å². The van der Waals surface area contributed by atoms with E-state index in [1.54, 1.807) is 24.3 Å². The van der Waals surface area contributed by atoms with Crippen LogP contribution in [0.2, 0.25) is 5.02 Å². The molecule has 33 heavy (non-hydrogen) atoms. The van der Waals surface area contributed by atoms with Gasteiger partial charge in [0.05, 0.1) is 18.8 Å². The molecule has 6 heteroatoms. The first-order valence-corrected chi connectivity index (χ1v) is 11.1. The van der Waals surface area contributed by atoms with Gasteiger partial charge in [0.25, 0.3) is 5.79 Å². The number of ketones is 1. The van der Waals surface area contributed by atoms with Crippen LogP contribution in [0.3, 0.4) is 0 Å². The number of hydrogen-bond donors (Lipinski definition) is 0. The average Bonchev–Trinajstić information content (AvgIpc) is 3.21. The monoisotopic (exact) mass is 464 g/mol. The molecule has 0 aromatic heterocycles. The van der Waals surface area contributed by atoms with Crippen LogP contribution in [0.1, 0.15) is 28.4 Å². The quantitative estimate of drug-likeness (QED) is 0.442. The second kappa shape index (κ2) is 8.41. The highest BCUT2D eigenvalue weighted by molar-refractivity contribution is 6.30. The summed E-state index contributed by atoms with van der Waals surface area (Å²) in [4.78, 5) is 14.0. The van der Waals surface area contributed by atoms with E-state index in [4.69, 9.17) is 25.8 Å². The topological polar surface area (TPSA) is 44.8 Å². The third kappa shape index (κ3) is 3.48. The zero-order valence-corrected chi connectivity index (χ0v) is 18.8. The first-order chi connectivity index (χ1) is 16.0. The van der Waals surface area contributed by atoms with Crippen LogP contribution in [0.15, 0.2) is 84.4 Å². The number of rotatable bonds is 5. The predicted octanol–water partition coefficient (Wildman–Crippen LogP) is 5.88. The molecular formula is C27H22ClFO4. The largest absolute Gasteiger partial charge is 0.453 e. The van der Waals surface area contributed by atoms with Crippen molar-refractivity contribution < 1.29 is 23.4 Å². The fourth-order valence-corrected chi connectivity index (χ4v) is 4.71. The molecule has 2 unspecified atom stereocenters. The Balaban J connectivity index is 1.67. The molecule has 0 saturated heterocycles. The highest BCUT2D eigenvalue weighted by Crippen LogP contribution is 2.53. The molecule has 0 fully saturated rings. The Morgan fingerprint density at radius 3 is 2.52 bits per heavy atom. The van der Waals surface area contributed by atoms with E-state index >= 15 is 0 Å². The summed E-state index contributed by atoms with van der Waals surface area (Å²) in [6, 6.07) is 20.7. The van der Waals surface area contributed by atoms with Crippen molar-refractivity contribution in [3.63, 3.8) is 0 Å². The molecule has 0 bridgehead atoms. The molecule has 2 atom stereocenters. The van der Waals surface area contributed by atoms with Crippen LogP contribution in [-0.2, 0) is 21.7 Å². The Labute approximate surface area is 196 Å². The van der Waals surface area contributed by atoms with Crippen molar-refractivity contribution in [2.75, 3.05) is 13.2 Å². The lowest BCUT2D eigenvalue weighted by Gasteiger charge is -2.49. The minimum atomic E-state index is -1.67. The van der Waals surface area contributed by atoms with Crippen LogP contribution in [0.4, 0.5) is 4.39 Å². The van der Waals surface area contributed by atoms with Crippen molar-refractivity contribution in [1.29, 1.82) is 0 Å². The van der Waals surface area contributed by atoms with E-state index in [1.165, 1.54) is 18.2 Å². The van der Waals surface area contributed by atoms with Gasteiger partial charge in [0.2, 0.25) is 11.4 Å². The maximum absolute atomic E-state index is 14.2. The standard InChI is InChI=1S/C27H22ClFO4/c1-18-13-15-31-26(18)25(30)23-12-11-22(29)17-24(23)33-27(26,20-7-9-21(28)10-8-20)32-16-14-19-5-3-2-4-6-19/h2-13,17H,14-16H2,1H3. The summed E-state index contributed by atoms with van der Waals surface area (Å²) in [5, 5.41) is 0.528. The first-order valence-electron chi connectivity index (χ1n) is 10.7. The highest BCUT2D eigenvalue weighted by atomic mass is 35.5. The molecule has 2 heterocycles. The minimum absolute atomic E-state index is 0.114. The van der Waals surface area contributed by atoms with Gasteiger partial charge in [-0.2, -0.15) is 0 Å². The van der Waals surface area contributed by atoms with E-state index in [1.807, 2.05) is 43.3 Å². The second-order valence-corrected chi connectivity index (χ2v) is 8.59. The maximum Gasteiger partial charge on any atom is 0.278 e. The van der Waals surface area contributed by atoms with Gasteiger partial charge in [0.15, 0.2) is 0 Å². The van der Waals surface area contributed by atoms with E-state index in [0.717, 1.165) is 5.56 Å². The van der Waals surface area contributed by atoms with Gasteiger partial charge in [-0.1, -0.05) is 60.1 Å². The highest BCUT2D eigenvalue weighted by Gasteiger charge is 2.67. The smallest absolute Gasteiger partial charge is 0.278 e. The summed E-state index contributed by atoms with van der Waals surface area (Å²) in [5.41, 5.74) is 1.01. The molecule has 0 aliphatic carbocycles. The van der Waals surface area contributed by atoms with Crippen LogP contribution in [0, 0.1) is 5.82 Å². The lowest BCUT2D eigenvalue weighted by atomic mass is 9.74. The van der Waals surface area contributed by atoms with Gasteiger partial charge >= 0.3 is 0 Å². The molecular weight excluding hydrogens is 443 g/mol. The summed E-state index contributed by atoms with van der Waals surface area (Å²) in [6.45, 7) is 2.30. The number of carbonyl (C=O) groups is 1. The first kappa shape index (κ1) is 21.8. The number of ether oxygens (including phenoxy) is 3. The SMILES string of the molecule is CC1=CCOC12C(=O)c1ccc(F)cc1OC2(OCCc1ccccc1)c1ccc(Cl)cc1. The number of fused-ring (bicyclic) bond motifs is 1. The van der Waals surface area contributed by atoms with Gasteiger partial charge in [-0.15, -0.1) is 0 Å². The predicted molar refractivity (Wildman–Crippen MR) is 123 cm³/mol. The fraction of sp³-hybridized carbons (Fsp3) is 0.222. The minimum Gasteiger partial charge on any atom is -0.453 e. The molecule has 168 valence electrons. The van der Waals surface area contributed by atoms with E-state index in [-0.39, 0.29) is 30.3 Å². The lowest BCUT2D eigenvalue weighted by Crippen LogP contribution is -2.65. The summed E-state index contributed by atoms with van der Waals surface area (Å²) in [6.07, 6.45) is 2.43. The Bertz CT molecular complexity index is 1220. The Morgan fingerprint density at radius 2 is 1.82 bits per heavy atom. The van der Waals surface area contributed by atoms with Crippen LogP contribution < -0.4 is 4.74 Å². The van der Waals surface area contributed by atoms with Gasteiger partial charge in [-0.25, -0.2) is 4.39 Å². The second-order valence-electron chi connectivity index (χ2n) is 8.16. The molecule has 3 aromatic rings. The molecule has 2 aliphatic heterocycles. The van der Waals surface area contributed by atoms with Crippen molar-refractivity contribution in [2.24, 2.45) is 0 Å². The number of benzene rings is 3.